The van der Waals surface area contributed by atoms with Gasteiger partial charge in [0.2, 0.25) is 0 Å². The van der Waals surface area contributed by atoms with Gasteiger partial charge in [0.15, 0.2) is 0 Å². The molecule has 116 valence electrons. The van der Waals surface area contributed by atoms with Crippen LogP contribution in [-0.2, 0) is 5.54 Å². The molecule has 3 aromatic heterocycles. The van der Waals surface area contributed by atoms with Crippen molar-refractivity contribution in [2.45, 2.75) is 38.6 Å². The predicted octanol–water partition coefficient (Wildman–Crippen LogP) is 3.25. The Morgan fingerprint density at radius 2 is 2.17 bits per heavy atom. The minimum absolute atomic E-state index is 0.180. The summed E-state index contributed by atoms with van der Waals surface area (Å²) in [7, 11) is 0. The van der Waals surface area contributed by atoms with Gasteiger partial charge in [0.25, 0.3) is 0 Å². The zero-order valence-corrected chi connectivity index (χ0v) is 13.2. The number of fused-ring (bicyclic) bond motifs is 1. The smallest absolute Gasteiger partial charge is 0.141 e. The topological polar surface area (TPSA) is 83.2 Å². The summed E-state index contributed by atoms with van der Waals surface area (Å²) in [6.45, 7) is 4.47. The highest BCUT2D eigenvalue weighted by Gasteiger charge is 2.51. The van der Waals surface area contributed by atoms with Crippen molar-refractivity contribution in [1.82, 2.24) is 24.7 Å². The summed E-state index contributed by atoms with van der Waals surface area (Å²) >= 11 is 0. The van der Waals surface area contributed by atoms with Gasteiger partial charge >= 0.3 is 0 Å². The molecule has 0 amide bonds. The van der Waals surface area contributed by atoms with Crippen LogP contribution < -0.4 is 0 Å². The summed E-state index contributed by atoms with van der Waals surface area (Å²) in [5, 5.41) is 14.8. The summed E-state index contributed by atoms with van der Waals surface area (Å²) in [5.41, 5.74) is 2.73. The Labute approximate surface area is 134 Å². The molecule has 0 radical (unpaired) electrons. The van der Waals surface area contributed by atoms with Crippen LogP contribution in [0.2, 0.25) is 0 Å². The molecule has 0 aromatic carbocycles. The zero-order valence-electron chi connectivity index (χ0n) is 13.2. The molecule has 1 fully saturated rings. The van der Waals surface area contributed by atoms with E-state index in [0.29, 0.717) is 6.42 Å². The molecular weight excluding hydrogens is 288 g/mol. The van der Waals surface area contributed by atoms with Crippen molar-refractivity contribution in [2.75, 3.05) is 0 Å². The number of nitrogens with zero attached hydrogens (tertiary/aromatic N) is 5. The van der Waals surface area contributed by atoms with Gasteiger partial charge in [-0.1, -0.05) is 13.8 Å². The van der Waals surface area contributed by atoms with Gasteiger partial charge in [-0.25, -0.2) is 9.97 Å². The Balaban J connectivity index is 1.75. The van der Waals surface area contributed by atoms with Crippen molar-refractivity contribution in [2.24, 2.45) is 5.41 Å². The van der Waals surface area contributed by atoms with Crippen LogP contribution in [0.15, 0.2) is 31.0 Å². The molecule has 0 aliphatic heterocycles. The van der Waals surface area contributed by atoms with Crippen LogP contribution in [0, 0.1) is 16.7 Å². The molecule has 1 aliphatic carbocycles. The first kappa shape index (κ1) is 13.9. The van der Waals surface area contributed by atoms with Gasteiger partial charge in [-0.15, -0.1) is 0 Å². The molecule has 0 spiro atoms. The van der Waals surface area contributed by atoms with Crippen molar-refractivity contribution in [3.05, 3.63) is 31.0 Å². The standard InChI is InChI=1S/C17H18N6/c1-16(2)9-17(10-16,4-5-18)23-8-12(7-22-23)14-13-3-6-19-15(13)21-11-20-14/h3,6-8,11H,4,9-10H2,1-2H3,(H,19,20,21). The van der Waals surface area contributed by atoms with E-state index in [1.54, 1.807) is 6.33 Å². The summed E-state index contributed by atoms with van der Waals surface area (Å²) < 4.78 is 1.97. The largest absolute Gasteiger partial charge is 0.346 e. The van der Waals surface area contributed by atoms with E-state index in [0.717, 1.165) is 35.1 Å². The Kier molecular flexibility index (Phi) is 2.82. The second kappa shape index (κ2) is 4.66. The SMILES string of the molecule is CC1(C)CC(CC#N)(n2cc(-c3ncnc4[nH]ccc34)cn2)C1. The Morgan fingerprint density at radius 3 is 2.91 bits per heavy atom. The van der Waals surface area contributed by atoms with Gasteiger partial charge < -0.3 is 4.98 Å². The third-order valence-corrected chi connectivity index (χ3v) is 4.72. The third kappa shape index (κ3) is 2.12. The van der Waals surface area contributed by atoms with Gasteiger partial charge in [-0.3, -0.25) is 4.68 Å². The summed E-state index contributed by atoms with van der Waals surface area (Å²) in [6, 6.07) is 4.30. The maximum atomic E-state index is 9.22. The predicted molar refractivity (Wildman–Crippen MR) is 86.3 cm³/mol. The highest BCUT2D eigenvalue weighted by molar-refractivity contribution is 5.89. The van der Waals surface area contributed by atoms with E-state index in [-0.39, 0.29) is 11.0 Å². The number of nitrogens with one attached hydrogen (secondary N) is 1. The van der Waals surface area contributed by atoms with E-state index in [4.69, 9.17) is 0 Å². The summed E-state index contributed by atoms with van der Waals surface area (Å²) in [6.07, 6.45) is 9.69. The van der Waals surface area contributed by atoms with Crippen molar-refractivity contribution >= 4 is 11.0 Å². The fourth-order valence-electron chi connectivity index (χ4n) is 4.05. The van der Waals surface area contributed by atoms with Gasteiger partial charge in [-0.05, 0) is 24.3 Å². The van der Waals surface area contributed by atoms with Gasteiger partial charge in [0.05, 0.1) is 29.9 Å². The van der Waals surface area contributed by atoms with Crippen molar-refractivity contribution in [3.63, 3.8) is 0 Å². The minimum Gasteiger partial charge on any atom is -0.346 e. The van der Waals surface area contributed by atoms with E-state index >= 15 is 0 Å². The molecule has 23 heavy (non-hydrogen) atoms. The van der Waals surface area contributed by atoms with Crippen LogP contribution in [0.1, 0.15) is 33.1 Å². The van der Waals surface area contributed by atoms with E-state index in [2.05, 4.69) is 40.0 Å². The average molecular weight is 306 g/mol. The lowest BCUT2D eigenvalue weighted by Crippen LogP contribution is -2.50. The van der Waals surface area contributed by atoms with Crippen LogP contribution in [0.4, 0.5) is 0 Å². The van der Waals surface area contributed by atoms with Crippen molar-refractivity contribution in [1.29, 1.82) is 5.26 Å². The molecule has 1 N–H and O–H groups in total. The molecule has 0 bridgehead atoms. The lowest BCUT2D eigenvalue weighted by atomic mass is 9.58. The second-order valence-electron chi connectivity index (χ2n) is 7.21. The number of rotatable bonds is 3. The van der Waals surface area contributed by atoms with Crippen molar-refractivity contribution in [3.8, 4) is 17.3 Å². The van der Waals surface area contributed by atoms with Gasteiger partial charge in [-0.2, -0.15) is 10.4 Å². The maximum absolute atomic E-state index is 9.22. The fourth-order valence-corrected chi connectivity index (χ4v) is 4.05. The van der Waals surface area contributed by atoms with E-state index in [9.17, 15) is 5.26 Å². The second-order valence-corrected chi connectivity index (χ2v) is 7.21. The van der Waals surface area contributed by atoms with E-state index in [1.807, 2.05) is 29.3 Å². The number of nitriles is 1. The molecular formula is C17H18N6. The number of H-pyrrole nitrogens is 1. The molecule has 1 saturated carbocycles. The van der Waals surface area contributed by atoms with Crippen LogP contribution in [0.5, 0.6) is 0 Å². The fraction of sp³-hybridized carbons (Fsp3) is 0.412. The number of aromatic nitrogens is 5. The average Bonchev–Trinajstić information content (AvgIpc) is 3.14. The molecule has 0 unspecified atom stereocenters. The highest BCUT2D eigenvalue weighted by atomic mass is 15.3. The quantitative estimate of drug-likeness (QED) is 0.805. The van der Waals surface area contributed by atoms with Crippen molar-refractivity contribution < 1.29 is 0 Å². The molecule has 6 nitrogen and oxygen atoms in total. The third-order valence-electron chi connectivity index (χ3n) is 4.72. The van der Waals surface area contributed by atoms with E-state index in [1.165, 1.54) is 0 Å². The van der Waals surface area contributed by atoms with Crippen LogP contribution in [0.3, 0.4) is 0 Å². The molecule has 3 aromatic rings. The van der Waals surface area contributed by atoms with Crippen LogP contribution in [-0.4, -0.2) is 24.7 Å². The minimum atomic E-state index is -0.180. The summed E-state index contributed by atoms with van der Waals surface area (Å²) in [4.78, 5) is 11.7. The molecule has 1 aliphatic rings. The van der Waals surface area contributed by atoms with Crippen LogP contribution >= 0.6 is 0 Å². The molecule has 0 atom stereocenters. The Hall–Kier alpha value is -2.68. The number of aromatic amines is 1. The first-order valence-corrected chi connectivity index (χ1v) is 7.74. The molecule has 3 heterocycles. The van der Waals surface area contributed by atoms with E-state index < -0.39 is 0 Å². The lowest BCUT2D eigenvalue weighted by Gasteiger charge is -2.52. The summed E-state index contributed by atoms with van der Waals surface area (Å²) in [5.74, 6) is 0. The maximum Gasteiger partial charge on any atom is 0.141 e. The normalized spacial score (nSPS) is 18.5. The first-order valence-electron chi connectivity index (χ1n) is 7.74. The molecule has 4 rings (SSSR count). The Bertz CT molecular complexity index is 902. The van der Waals surface area contributed by atoms with Gasteiger partial charge in [0, 0.05) is 23.3 Å². The zero-order chi connectivity index (χ0) is 16.1. The highest BCUT2D eigenvalue weighted by Crippen LogP contribution is 2.54. The Morgan fingerprint density at radius 1 is 1.35 bits per heavy atom. The number of hydrogen-bond acceptors (Lipinski definition) is 4. The van der Waals surface area contributed by atoms with Crippen LogP contribution in [0.25, 0.3) is 22.3 Å². The first-order chi connectivity index (χ1) is 11.0. The van der Waals surface area contributed by atoms with Gasteiger partial charge in [0.1, 0.15) is 12.0 Å². The monoisotopic (exact) mass is 306 g/mol. The lowest BCUT2D eigenvalue weighted by molar-refractivity contribution is -0.00714. The molecule has 0 saturated heterocycles. The molecule has 6 heteroatoms. The number of hydrogen-bond donors (Lipinski definition) is 1.